The lowest BCUT2D eigenvalue weighted by Crippen LogP contribution is -2.38. The summed E-state index contributed by atoms with van der Waals surface area (Å²) in [4.78, 5) is 11.0. The number of nitrogens with two attached hydrogens (primary N) is 1. The van der Waals surface area contributed by atoms with Crippen LogP contribution in [0.5, 0.6) is 23.0 Å². The quantitative estimate of drug-likeness (QED) is 0.506. The van der Waals surface area contributed by atoms with Crippen molar-refractivity contribution < 1.29 is 28.8 Å². The van der Waals surface area contributed by atoms with E-state index in [1.54, 1.807) is 36.4 Å². The minimum atomic E-state index is -0.674. The highest BCUT2D eigenvalue weighted by Gasteiger charge is 2.28. The zero-order valence-corrected chi connectivity index (χ0v) is 17.2. The zero-order valence-electron chi connectivity index (χ0n) is 17.2. The minimum Gasteiger partial charge on any atom is -0.492 e. The lowest BCUT2D eigenvalue weighted by atomic mass is 10.1. The Hall–Kier alpha value is -2.97. The third kappa shape index (κ3) is 6.27. The Kier molecular flexibility index (Phi) is 7.02. The van der Waals surface area contributed by atoms with Crippen LogP contribution >= 0.6 is 0 Å². The number of primary amides is 1. The standard InChI is InChI=1S/C22H28N2O6/c1-22(2)14-29-20-11-18(7-8-19(20)30-22)28-13-16(25)12-24-9-10-27-17-5-3-15(4-6-17)21(23)26/h3-8,11,16,24-25H,9-10,12-14H2,1-2H3,(H2,23,26). The molecule has 0 fully saturated rings. The second-order valence-electron chi connectivity index (χ2n) is 7.67. The smallest absolute Gasteiger partial charge is 0.248 e. The molecule has 0 spiro atoms. The molecule has 2 aromatic carbocycles. The molecule has 4 N–H and O–H groups in total. The van der Waals surface area contributed by atoms with Gasteiger partial charge in [0.1, 0.15) is 43.0 Å². The van der Waals surface area contributed by atoms with Crippen molar-refractivity contribution in [3.63, 3.8) is 0 Å². The van der Waals surface area contributed by atoms with Crippen molar-refractivity contribution >= 4 is 5.91 Å². The van der Waals surface area contributed by atoms with E-state index in [2.05, 4.69) is 5.32 Å². The monoisotopic (exact) mass is 416 g/mol. The van der Waals surface area contributed by atoms with Crippen molar-refractivity contribution in [2.45, 2.75) is 25.6 Å². The van der Waals surface area contributed by atoms with Crippen LogP contribution in [0.3, 0.4) is 0 Å². The molecule has 8 heteroatoms. The topological polar surface area (TPSA) is 112 Å². The number of ether oxygens (including phenoxy) is 4. The number of fused-ring (bicyclic) bond motifs is 1. The molecule has 1 atom stereocenters. The number of rotatable bonds is 10. The summed E-state index contributed by atoms with van der Waals surface area (Å²) >= 11 is 0. The van der Waals surface area contributed by atoms with Crippen LogP contribution in [0.15, 0.2) is 42.5 Å². The van der Waals surface area contributed by atoms with E-state index in [1.165, 1.54) is 0 Å². The number of hydrogen-bond acceptors (Lipinski definition) is 7. The van der Waals surface area contributed by atoms with Crippen LogP contribution in [-0.4, -0.2) is 55.6 Å². The van der Waals surface area contributed by atoms with Crippen molar-refractivity contribution in [3.8, 4) is 23.0 Å². The van der Waals surface area contributed by atoms with Gasteiger partial charge in [0, 0.05) is 24.7 Å². The molecule has 162 valence electrons. The Morgan fingerprint density at radius 1 is 1.17 bits per heavy atom. The fourth-order valence-electron chi connectivity index (χ4n) is 2.83. The normalized spacial score (nSPS) is 15.3. The summed E-state index contributed by atoms with van der Waals surface area (Å²) in [6.07, 6.45) is -0.674. The van der Waals surface area contributed by atoms with Crippen LogP contribution in [0.2, 0.25) is 0 Å². The number of nitrogens with one attached hydrogen (secondary N) is 1. The van der Waals surface area contributed by atoms with Gasteiger partial charge in [0.25, 0.3) is 0 Å². The second-order valence-corrected chi connectivity index (χ2v) is 7.67. The zero-order chi connectivity index (χ0) is 21.6. The van der Waals surface area contributed by atoms with Crippen molar-refractivity contribution in [1.82, 2.24) is 5.32 Å². The van der Waals surface area contributed by atoms with E-state index < -0.39 is 12.0 Å². The van der Waals surface area contributed by atoms with Gasteiger partial charge >= 0.3 is 0 Å². The minimum absolute atomic E-state index is 0.146. The molecule has 1 unspecified atom stereocenters. The third-order valence-corrected chi connectivity index (χ3v) is 4.39. The van der Waals surface area contributed by atoms with Gasteiger partial charge in [-0.25, -0.2) is 0 Å². The second kappa shape index (κ2) is 9.69. The van der Waals surface area contributed by atoms with E-state index in [-0.39, 0.29) is 12.2 Å². The summed E-state index contributed by atoms with van der Waals surface area (Å²) in [6.45, 7) is 5.88. The van der Waals surface area contributed by atoms with Crippen molar-refractivity contribution in [1.29, 1.82) is 0 Å². The van der Waals surface area contributed by atoms with E-state index in [4.69, 9.17) is 24.7 Å². The SMILES string of the molecule is CC1(C)COc2cc(OCC(O)CNCCOc3ccc(C(N)=O)cc3)ccc2O1. The van der Waals surface area contributed by atoms with Crippen LogP contribution < -0.4 is 30.0 Å². The lowest BCUT2D eigenvalue weighted by molar-refractivity contribution is 0.0209. The molecule has 1 amide bonds. The Bertz CT molecular complexity index is 853. The van der Waals surface area contributed by atoms with E-state index in [0.717, 1.165) is 0 Å². The number of carbonyl (C=O) groups excluding carboxylic acids is 1. The van der Waals surface area contributed by atoms with Gasteiger partial charge in [0.2, 0.25) is 5.91 Å². The van der Waals surface area contributed by atoms with Gasteiger partial charge in [-0.3, -0.25) is 4.79 Å². The highest BCUT2D eigenvalue weighted by atomic mass is 16.6. The summed E-state index contributed by atoms with van der Waals surface area (Å²) in [5.41, 5.74) is 5.28. The first kappa shape index (κ1) is 21.7. The number of carbonyl (C=O) groups is 1. The van der Waals surface area contributed by atoms with Gasteiger partial charge in [0.15, 0.2) is 11.5 Å². The first-order chi connectivity index (χ1) is 14.3. The van der Waals surface area contributed by atoms with Crippen LogP contribution in [0, 0.1) is 0 Å². The number of amides is 1. The van der Waals surface area contributed by atoms with Crippen LogP contribution in [-0.2, 0) is 0 Å². The van der Waals surface area contributed by atoms with Crippen LogP contribution in [0.4, 0.5) is 0 Å². The molecule has 8 nitrogen and oxygen atoms in total. The molecule has 0 aromatic heterocycles. The van der Waals surface area contributed by atoms with Crippen molar-refractivity contribution in [2.75, 3.05) is 32.9 Å². The van der Waals surface area contributed by atoms with E-state index in [0.29, 0.717) is 54.9 Å². The van der Waals surface area contributed by atoms with Gasteiger partial charge in [-0.1, -0.05) is 0 Å². The number of hydrogen-bond donors (Lipinski definition) is 3. The highest BCUT2D eigenvalue weighted by Crippen LogP contribution is 2.37. The average molecular weight is 416 g/mol. The van der Waals surface area contributed by atoms with Gasteiger partial charge in [0.05, 0.1) is 0 Å². The van der Waals surface area contributed by atoms with Crippen LogP contribution in [0.25, 0.3) is 0 Å². The van der Waals surface area contributed by atoms with Crippen LogP contribution in [0.1, 0.15) is 24.2 Å². The van der Waals surface area contributed by atoms with E-state index in [9.17, 15) is 9.90 Å². The van der Waals surface area contributed by atoms with Crippen molar-refractivity contribution in [3.05, 3.63) is 48.0 Å². The van der Waals surface area contributed by atoms with Gasteiger partial charge < -0.3 is 35.1 Å². The molecular formula is C22H28N2O6. The molecule has 0 saturated heterocycles. The maximum absolute atomic E-state index is 11.0. The molecule has 1 heterocycles. The van der Waals surface area contributed by atoms with Gasteiger partial charge in [-0.05, 0) is 50.2 Å². The van der Waals surface area contributed by atoms with E-state index in [1.807, 2.05) is 19.9 Å². The summed E-state index contributed by atoms with van der Waals surface area (Å²) in [6, 6.07) is 12.0. The Morgan fingerprint density at radius 3 is 2.63 bits per heavy atom. The molecule has 3 rings (SSSR count). The Balaban J connectivity index is 1.32. The maximum Gasteiger partial charge on any atom is 0.248 e. The molecule has 0 bridgehead atoms. The lowest BCUT2D eigenvalue weighted by Gasteiger charge is -2.32. The summed E-state index contributed by atoms with van der Waals surface area (Å²) in [7, 11) is 0. The molecular weight excluding hydrogens is 388 g/mol. The first-order valence-electron chi connectivity index (χ1n) is 9.82. The summed E-state index contributed by atoms with van der Waals surface area (Å²) in [5.74, 6) is 2.11. The molecule has 2 aromatic rings. The Morgan fingerprint density at radius 2 is 1.90 bits per heavy atom. The molecule has 30 heavy (non-hydrogen) atoms. The fourth-order valence-corrected chi connectivity index (χ4v) is 2.83. The predicted molar refractivity (Wildman–Crippen MR) is 111 cm³/mol. The molecule has 0 saturated carbocycles. The molecule has 1 aliphatic heterocycles. The van der Waals surface area contributed by atoms with E-state index >= 15 is 0 Å². The van der Waals surface area contributed by atoms with Gasteiger partial charge in [-0.2, -0.15) is 0 Å². The maximum atomic E-state index is 11.0. The number of aliphatic hydroxyl groups excluding tert-OH is 1. The number of aliphatic hydroxyl groups is 1. The fraction of sp³-hybridized carbons (Fsp3) is 0.409. The molecule has 0 radical (unpaired) electrons. The predicted octanol–water partition coefficient (Wildman–Crippen LogP) is 1.74. The third-order valence-electron chi connectivity index (χ3n) is 4.39. The largest absolute Gasteiger partial charge is 0.492 e. The van der Waals surface area contributed by atoms with Crippen molar-refractivity contribution in [2.24, 2.45) is 5.73 Å². The number of benzene rings is 2. The summed E-state index contributed by atoms with van der Waals surface area (Å²) < 4.78 is 22.8. The first-order valence-corrected chi connectivity index (χ1v) is 9.82. The molecule has 1 aliphatic rings. The van der Waals surface area contributed by atoms with Gasteiger partial charge in [-0.15, -0.1) is 0 Å². The summed E-state index contributed by atoms with van der Waals surface area (Å²) in [5, 5.41) is 13.2. The molecule has 0 aliphatic carbocycles. The average Bonchev–Trinajstić information content (AvgIpc) is 2.71. The Labute approximate surface area is 175 Å². The highest BCUT2D eigenvalue weighted by molar-refractivity contribution is 5.92.